The Morgan fingerprint density at radius 1 is 0.289 bits per heavy atom. The molecule has 0 N–H and O–H groups in total. The van der Waals surface area contributed by atoms with Crippen molar-refractivity contribution in [1.82, 2.24) is 0 Å². The normalized spacial score (nSPS) is 12.0. The summed E-state index contributed by atoms with van der Waals surface area (Å²) in [7, 11) is 0. The topological polar surface area (TPSA) is 13.1 Å². The van der Waals surface area contributed by atoms with Gasteiger partial charge in [-0.15, -0.1) is 0 Å². The van der Waals surface area contributed by atoms with Gasteiger partial charge in [-0.3, -0.25) is 0 Å². The molecule has 10 rings (SSSR count). The first-order valence-corrected chi connectivity index (χ1v) is 15.5. The van der Waals surface area contributed by atoms with Gasteiger partial charge in [-0.25, -0.2) is 0 Å². The molecule has 0 spiro atoms. The van der Waals surface area contributed by atoms with E-state index >= 15 is 0 Å². The highest BCUT2D eigenvalue weighted by molar-refractivity contribution is 6.29. The molecular formula is C44H26O. The van der Waals surface area contributed by atoms with E-state index in [1.165, 1.54) is 87.2 Å². The zero-order valence-electron chi connectivity index (χ0n) is 24.4. The van der Waals surface area contributed by atoms with Crippen molar-refractivity contribution in [1.29, 1.82) is 0 Å². The molecule has 9 aromatic carbocycles. The predicted octanol–water partition coefficient (Wildman–Crippen LogP) is 12.6. The first kappa shape index (κ1) is 24.5. The van der Waals surface area contributed by atoms with Gasteiger partial charge in [-0.05, 0) is 94.7 Å². The van der Waals surface area contributed by atoms with Crippen LogP contribution in [-0.2, 0) is 0 Å². The summed E-state index contributed by atoms with van der Waals surface area (Å²) >= 11 is 0. The van der Waals surface area contributed by atoms with E-state index in [9.17, 15) is 0 Å². The smallest absolute Gasteiger partial charge is 0.136 e. The molecular weight excluding hydrogens is 544 g/mol. The largest absolute Gasteiger partial charge is 0.456 e. The molecule has 0 unspecified atom stereocenters. The third kappa shape index (κ3) is 3.44. The molecule has 0 bridgehead atoms. The fourth-order valence-electron chi connectivity index (χ4n) is 7.77. The number of hydrogen-bond donors (Lipinski definition) is 0. The second kappa shape index (κ2) is 9.29. The molecule has 1 aromatic heterocycles. The lowest BCUT2D eigenvalue weighted by Gasteiger charge is -2.20. The zero-order chi connectivity index (χ0) is 29.5. The van der Waals surface area contributed by atoms with Crippen LogP contribution in [0.2, 0.25) is 0 Å². The van der Waals surface area contributed by atoms with E-state index in [-0.39, 0.29) is 0 Å². The van der Waals surface area contributed by atoms with Crippen LogP contribution in [0.25, 0.3) is 98.4 Å². The van der Waals surface area contributed by atoms with Crippen LogP contribution in [0, 0.1) is 0 Å². The third-order valence-corrected chi connectivity index (χ3v) is 9.64. The van der Waals surface area contributed by atoms with Crippen LogP contribution >= 0.6 is 0 Å². The molecule has 0 aliphatic heterocycles. The third-order valence-electron chi connectivity index (χ3n) is 9.64. The molecule has 45 heavy (non-hydrogen) atoms. The molecule has 0 saturated carbocycles. The van der Waals surface area contributed by atoms with Crippen molar-refractivity contribution in [3.8, 4) is 33.4 Å². The first-order chi connectivity index (χ1) is 22.3. The molecule has 0 radical (unpaired) electrons. The Labute approximate surface area is 259 Å². The van der Waals surface area contributed by atoms with Crippen LogP contribution in [0.15, 0.2) is 162 Å². The number of hydrogen-bond acceptors (Lipinski definition) is 1. The molecule has 0 atom stereocenters. The molecule has 0 saturated heterocycles. The summed E-state index contributed by atoms with van der Waals surface area (Å²) in [5.74, 6) is 0. The van der Waals surface area contributed by atoms with Gasteiger partial charge in [0.2, 0.25) is 0 Å². The van der Waals surface area contributed by atoms with Crippen molar-refractivity contribution < 1.29 is 4.42 Å². The van der Waals surface area contributed by atoms with Crippen LogP contribution < -0.4 is 0 Å². The molecule has 1 heterocycles. The Morgan fingerprint density at radius 3 is 1.51 bits per heavy atom. The molecule has 0 aliphatic rings. The fourth-order valence-corrected chi connectivity index (χ4v) is 7.77. The molecule has 0 amide bonds. The van der Waals surface area contributed by atoms with E-state index in [4.69, 9.17) is 4.42 Å². The molecule has 0 aliphatic carbocycles. The Balaban J connectivity index is 1.33. The van der Waals surface area contributed by atoms with Gasteiger partial charge in [0.25, 0.3) is 0 Å². The summed E-state index contributed by atoms with van der Waals surface area (Å²) in [5.41, 5.74) is 9.42. The predicted molar refractivity (Wildman–Crippen MR) is 191 cm³/mol. The average molecular weight is 571 g/mol. The van der Waals surface area contributed by atoms with Crippen molar-refractivity contribution in [2.24, 2.45) is 0 Å². The summed E-state index contributed by atoms with van der Waals surface area (Å²) in [6.45, 7) is 0. The Kier molecular flexibility index (Phi) is 5.06. The first-order valence-electron chi connectivity index (χ1n) is 15.5. The average Bonchev–Trinajstić information content (AvgIpc) is 3.50. The number of fused-ring (bicyclic) bond motifs is 3. The lowest BCUT2D eigenvalue weighted by atomic mass is 9.83. The van der Waals surface area contributed by atoms with Gasteiger partial charge in [0.1, 0.15) is 11.2 Å². The SMILES string of the molecule is c1ccc(-c2cccc3c(-c4c5ccccc5c(-c5ccc6oc7cccc8ccc5c6c87)c5ccccc45)cccc23)cc1. The minimum atomic E-state index is 0.941. The second-order valence-corrected chi connectivity index (χ2v) is 12.0. The van der Waals surface area contributed by atoms with E-state index in [1.54, 1.807) is 0 Å². The van der Waals surface area contributed by atoms with Gasteiger partial charge in [-0.1, -0.05) is 140 Å². The van der Waals surface area contributed by atoms with Crippen LogP contribution in [0.4, 0.5) is 0 Å². The minimum absolute atomic E-state index is 0.941. The molecule has 208 valence electrons. The van der Waals surface area contributed by atoms with Gasteiger partial charge in [0.05, 0.1) is 0 Å². The highest BCUT2D eigenvalue weighted by atomic mass is 16.3. The Morgan fingerprint density at radius 2 is 0.822 bits per heavy atom. The van der Waals surface area contributed by atoms with Crippen molar-refractivity contribution in [2.45, 2.75) is 0 Å². The highest BCUT2D eigenvalue weighted by Gasteiger charge is 2.21. The summed E-state index contributed by atoms with van der Waals surface area (Å²) < 4.78 is 6.34. The van der Waals surface area contributed by atoms with Crippen LogP contribution in [-0.4, -0.2) is 0 Å². The van der Waals surface area contributed by atoms with Gasteiger partial charge in [0, 0.05) is 10.8 Å². The Bertz CT molecular complexity index is 2690. The molecule has 0 fully saturated rings. The van der Waals surface area contributed by atoms with E-state index in [0.29, 0.717) is 0 Å². The molecule has 10 aromatic rings. The molecule has 1 heteroatoms. The maximum atomic E-state index is 6.34. The summed E-state index contributed by atoms with van der Waals surface area (Å²) in [5, 5.41) is 12.4. The van der Waals surface area contributed by atoms with E-state index in [2.05, 4.69) is 158 Å². The van der Waals surface area contributed by atoms with Crippen LogP contribution in [0.5, 0.6) is 0 Å². The Hall–Kier alpha value is -5.92. The summed E-state index contributed by atoms with van der Waals surface area (Å²) in [6, 6.07) is 57.3. The minimum Gasteiger partial charge on any atom is -0.456 e. The number of rotatable bonds is 3. The number of benzene rings is 9. The standard InChI is InChI=1S/C44H26O/c1-2-11-27(12-3-1)29-18-9-20-31-30(29)19-10-21-32(31)42-33-14-4-6-16-35(33)43(36-17-7-5-15-34(36)42)37-25-26-40-44-38(37)24-23-28-13-8-22-39(45-40)41(28)44/h1-26H. The summed E-state index contributed by atoms with van der Waals surface area (Å²) in [6.07, 6.45) is 0. The maximum Gasteiger partial charge on any atom is 0.136 e. The fraction of sp³-hybridized carbons (Fsp3) is 0. The van der Waals surface area contributed by atoms with Crippen molar-refractivity contribution in [3.63, 3.8) is 0 Å². The van der Waals surface area contributed by atoms with Crippen molar-refractivity contribution in [3.05, 3.63) is 158 Å². The van der Waals surface area contributed by atoms with Gasteiger partial charge < -0.3 is 4.42 Å². The lowest BCUT2D eigenvalue weighted by Crippen LogP contribution is -1.93. The second-order valence-electron chi connectivity index (χ2n) is 12.0. The highest BCUT2D eigenvalue weighted by Crippen LogP contribution is 2.49. The molecule has 1 nitrogen and oxygen atoms in total. The monoisotopic (exact) mass is 570 g/mol. The number of furan rings is 1. The lowest BCUT2D eigenvalue weighted by molar-refractivity contribution is 0.669. The van der Waals surface area contributed by atoms with E-state index in [1.807, 2.05) is 0 Å². The zero-order valence-corrected chi connectivity index (χ0v) is 24.4. The summed E-state index contributed by atoms with van der Waals surface area (Å²) in [4.78, 5) is 0. The van der Waals surface area contributed by atoms with Gasteiger partial charge in [-0.2, -0.15) is 0 Å². The van der Waals surface area contributed by atoms with Gasteiger partial charge >= 0.3 is 0 Å². The van der Waals surface area contributed by atoms with Crippen LogP contribution in [0.1, 0.15) is 0 Å². The van der Waals surface area contributed by atoms with E-state index < -0.39 is 0 Å². The quantitative estimate of drug-likeness (QED) is 0.152. The van der Waals surface area contributed by atoms with Gasteiger partial charge in [0.15, 0.2) is 0 Å². The van der Waals surface area contributed by atoms with Crippen molar-refractivity contribution in [2.75, 3.05) is 0 Å². The van der Waals surface area contributed by atoms with Crippen LogP contribution in [0.3, 0.4) is 0 Å². The maximum absolute atomic E-state index is 6.34. The van der Waals surface area contributed by atoms with Crippen molar-refractivity contribution >= 4 is 65.0 Å². The van der Waals surface area contributed by atoms with E-state index in [0.717, 1.165) is 11.2 Å².